The fourth-order valence-electron chi connectivity index (χ4n) is 1.38. The Morgan fingerprint density at radius 1 is 1.38 bits per heavy atom. The predicted molar refractivity (Wildman–Crippen MR) is 58.8 cm³/mol. The summed E-state index contributed by atoms with van der Waals surface area (Å²) in [6, 6.07) is 7.56. The minimum absolute atomic E-state index is 0.240. The van der Waals surface area contributed by atoms with Crippen LogP contribution in [0.5, 0.6) is 5.75 Å². The molecule has 0 aliphatic carbocycles. The van der Waals surface area contributed by atoms with Gasteiger partial charge in [-0.05, 0) is 19.1 Å². The van der Waals surface area contributed by atoms with Crippen molar-refractivity contribution in [1.29, 1.82) is 0 Å². The third-order valence-corrected chi connectivity index (χ3v) is 2.07. The lowest BCUT2D eigenvalue weighted by atomic mass is 10.2. The van der Waals surface area contributed by atoms with E-state index in [0.717, 1.165) is 11.3 Å². The number of hydrogen-bond donors (Lipinski definition) is 1. The van der Waals surface area contributed by atoms with E-state index < -0.39 is 0 Å². The normalized spacial score (nSPS) is 10.4. The van der Waals surface area contributed by atoms with E-state index in [9.17, 15) is 0 Å². The van der Waals surface area contributed by atoms with Crippen LogP contribution in [0.4, 0.5) is 0 Å². The second kappa shape index (κ2) is 4.76. The van der Waals surface area contributed by atoms with Crippen LogP contribution in [0.15, 0.2) is 28.8 Å². The number of para-hydroxylation sites is 1. The average molecular weight is 219 g/mol. The Balaban J connectivity index is 2.38. The van der Waals surface area contributed by atoms with Crippen molar-refractivity contribution < 1.29 is 9.26 Å². The summed E-state index contributed by atoms with van der Waals surface area (Å²) in [5.41, 5.74) is 6.22. The lowest BCUT2D eigenvalue weighted by Gasteiger charge is -2.05. The SMILES string of the molecule is CCOc1ccccc1-c1noc(CN)n1. The molecule has 2 aromatic rings. The fraction of sp³-hybridized carbons (Fsp3) is 0.273. The molecule has 2 N–H and O–H groups in total. The highest BCUT2D eigenvalue weighted by Crippen LogP contribution is 2.27. The summed E-state index contributed by atoms with van der Waals surface area (Å²) in [5.74, 6) is 1.67. The van der Waals surface area contributed by atoms with Gasteiger partial charge in [-0.3, -0.25) is 0 Å². The lowest BCUT2D eigenvalue weighted by Crippen LogP contribution is -1.97. The van der Waals surface area contributed by atoms with Gasteiger partial charge in [0.05, 0.1) is 18.7 Å². The second-order valence-electron chi connectivity index (χ2n) is 3.15. The van der Waals surface area contributed by atoms with Gasteiger partial charge >= 0.3 is 0 Å². The molecule has 1 aromatic carbocycles. The summed E-state index contributed by atoms with van der Waals surface area (Å²) in [5, 5.41) is 3.85. The van der Waals surface area contributed by atoms with Gasteiger partial charge in [0, 0.05) is 0 Å². The molecule has 0 aliphatic heterocycles. The van der Waals surface area contributed by atoms with E-state index in [2.05, 4.69) is 10.1 Å². The maximum atomic E-state index is 5.48. The molecule has 1 heterocycles. The molecule has 0 fully saturated rings. The molecule has 1 aromatic heterocycles. The largest absolute Gasteiger partial charge is 0.493 e. The van der Waals surface area contributed by atoms with Gasteiger partial charge in [-0.15, -0.1) is 0 Å². The van der Waals surface area contributed by atoms with Crippen LogP contribution in [-0.2, 0) is 6.54 Å². The number of nitrogens with zero attached hydrogens (tertiary/aromatic N) is 2. The Morgan fingerprint density at radius 3 is 2.88 bits per heavy atom. The summed E-state index contributed by atoms with van der Waals surface area (Å²) in [4.78, 5) is 4.16. The standard InChI is InChI=1S/C11H13N3O2/c1-2-15-9-6-4-3-5-8(9)11-13-10(7-12)16-14-11/h3-6H,2,7,12H2,1H3. The summed E-state index contributed by atoms with van der Waals surface area (Å²) < 4.78 is 10.4. The third kappa shape index (κ3) is 2.04. The minimum atomic E-state index is 0.240. The van der Waals surface area contributed by atoms with Crippen molar-refractivity contribution in [3.8, 4) is 17.1 Å². The lowest BCUT2D eigenvalue weighted by molar-refractivity contribution is 0.341. The zero-order chi connectivity index (χ0) is 11.4. The van der Waals surface area contributed by atoms with E-state index in [1.54, 1.807) is 0 Å². The quantitative estimate of drug-likeness (QED) is 0.845. The Bertz CT molecular complexity index is 468. The molecule has 0 saturated heterocycles. The van der Waals surface area contributed by atoms with E-state index in [-0.39, 0.29) is 6.54 Å². The molecule has 0 atom stereocenters. The first-order valence-electron chi connectivity index (χ1n) is 5.10. The fourth-order valence-corrected chi connectivity index (χ4v) is 1.38. The summed E-state index contributed by atoms with van der Waals surface area (Å²) in [6.07, 6.45) is 0. The molecule has 0 spiro atoms. The molecule has 0 bridgehead atoms. The van der Waals surface area contributed by atoms with Gasteiger partial charge in [-0.25, -0.2) is 0 Å². The molecular formula is C11H13N3O2. The Morgan fingerprint density at radius 2 is 2.19 bits per heavy atom. The number of rotatable bonds is 4. The van der Waals surface area contributed by atoms with Crippen molar-refractivity contribution in [2.24, 2.45) is 5.73 Å². The van der Waals surface area contributed by atoms with Gasteiger partial charge in [0.2, 0.25) is 11.7 Å². The number of benzene rings is 1. The van der Waals surface area contributed by atoms with Crippen LogP contribution < -0.4 is 10.5 Å². The van der Waals surface area contributed by atoms with Crippen molar-refractivity contribution in [3.05, 3.63) is 30.2 Å². The third-order valence-electron chi connectivity index (χ3n) is 2.07. The van der Waals surface area contributed by atoms with E-state index in [1.807, 2.05) is 31.2 Å². The van der Waals surface area contributed by atoms with Crippen LogP contribution in [0, 0.1) is 0 Å². The molecule has 0 aliphatic rings. The molecule has 0 saturated carbocycles. The van der Waals surface area contributed by atoms with Crippen LogP contribution in [0.1, 0.15) is 12.8 Å². The summed E-state index contributed by atoms with van der Waals surface area (Å²) in [7, 11) is 0. The van der Waals surface area contributed by atoms with Crippen LogP contribution in [-0.4, -0.2) is 16.7 Å². The highest BCUT2D eigenvalue weighted by molar-refractivity contribution is 5.63. The van der Waals surface area contributed by atoms with Gasteiger partial charge < -0.3 is 15.0 Å². The Hall–Kier alpha value is -1.88. The van der Waals surface area contributed by atoms with Crippen molar-refractivity contribution in [1.82, 2.24) is 10.1 Å². The number of nitrogens with two attached hydrogens (primary N) is 1. The van der Waals surface area contributed by atoms with Gasteiger partial charge in [0.1, 0.15) is 5.75 Å². The first-order valence-corrected chi connectivity index (χ1v) is 5.10. The summed E-state index contributed by atoms with van der Waals surface area (Å²) in [6.45, 7) is 2.76. The highest BCUT2D eigenvalue weighted by atomic mass is 16.5. The zero-order valence-corrected chi connectivity index (χ0v) is 9.01. The monoisotopic (exact) mass is 219 g/mol. The van der Waals surface area contributed by atoms with Gasteiger partial charge in [-0.2, -0.15) is 4.98 Å². The molecule has 5 heteroatoms. The molecular weight excluding hydrogens is 206 g/mol. The molecule has 16 heavy (non-hydrogen) atoms. The molecule has 5 nitrogen and oxygen atoms in total. The van der Waals surface area contributed by atoms with E-state index in [0.29, 0.717) is 18.3 Å². The number of ether oxygens (including phenoxy) is 1. The molecule has 84 valence electrons. The number of aromatic nitrogens is 2. The van der Waals surface area contributed by atoms with Gasteiger partial charge in [0.15, 0.2) is 0 Å². The summed E-state index contributed by atoms with van der Waals surface area (Å²) >= 11 is 0. The Labute approximate surface area is 93.2 Å². The van der Waals surface area contributed by atoms with Crippen LogP contribution in [0.25, 0.3) is 11.4 Å². The molecule has 0 unspecified atom stereocenters. The van der Waals surface area contributed by atoms with Crippen LogP contribution in [0.2, 0.25) is 0 Å². The Kier molecular flexibility index (Phi) is 3.16. The number of hydrogen-bond acceptors (Lipinski definition) is 5. The molecule has 0 amide bonds. The predicted octanol–water partition coefficient (Wildman–Crippen LogP) is 1.59. The topological polar surface area (TPSA) is 74.2 Å². The second-order valence-corrected chi connectivity index (χ2v) is 3.15. The highest BCUT2D eigenvalue weighted by Gasteiger charge is 2.11. The van der Waals surface area contributed by atoms with Gasteiger partial charge in [0.25, 0.3) is 0 Å². The molecule has 2 rings (SSSR count). The van der Waals surface area contributed by atoms with Crippen molar-refractivity contribution in [2.45, 2.75) is 13.5 Å². The maximum Gasteiger partial charge on any atom is 0.240 e. The van der Waals surface area contributed by atoms with Crippen molar-refractivity contribution >= 4 is 0 Å². The maximum absolute atomic E-state index is 5.48. The average Bonchev–Trinajstić information content (AvgIpc) is 2.79. The van der Waals surface area contributed by atoms with Crippen LogP contribution >= 0.6 is 0 Å². The first kappa shape index (κ1) is 10.6. The smallest absolute Gasteiger partial charge is 0.240 e. The van der Waals surface area contributed by atoms with Crippen molar-refractivity contribution in [3.63, 3.8) is 0 Å². The van der Waals surface area contributed by atoms with Crippen LogP contribution in [0.3, 0.4) is 0 Å². The van der Waals surface area contributed by atoms with E-state index in [1.165, 1.54) is 0 Å². The zero-order valence-electron chi connectivity index (χ0n) is 9.01. The minimum Gasteiger partial charge on any atom is -0.493 e. The van der Waals surface area contributed by atoms with Crippen molar-refractivity contribution in [2.75, 3.05) is 6.61 Å². The first-order chi connectivity index (χ1) is 7.85. The van der Waals surface area contributed by atoms with Gasteiger partial charge in [-0.1, -0.05) is 17.3 Å². The molecule has 0 radical (unpaired) electrons. The van der Waals surface area contributed by atoms with E-state index in [4.69, 9.17) is 15.0 Å². The van der Waals surface area contributed by atoms with E-state index >= 15 is 0 Å².